The van der Waals surface area contributed by atoms with Gasteiger partial charge in [-0.05, 0) is 38.5 Å². The van der Waals surface area contributed by atoms with Gasteiger partial charge in [-0.3, -0.25) is 0 Å². The highest BCUT2D eigenvalue weighted by atomic mass is 19.1. The zero-order valence-corrected chi connectivity index (χ0v) is 10.5. The van der Waals surface area contributed by atoms with Crippen LogP contribution >= 0.6 is 0 Å². The lowest BCUT2D eigenvalue weighted by Crippen LogP contribution is -1.99. The molecule has 0 aliphatic rings. The summed E-state index contributed by atoms with van der Waals surface area (Å²) in [5.74, 6) is -0.451. The number of hydrogen-bond acceptors (Lipinski definition) is 4. The lowest BCUT2D eigenvalue weighted by atomic mass is 10.2. The first-order valence-corrected chi connectivity index (χ1v) is 5.51. The summed E-state index contributed by atoms with van der Waals surface area (Å²) < 4.78 is 19.0. The second kappa shape index (κ2) is 4.60. The molecule has 2 rings (SSSR count). The highest BCUT2D eigenvalue weighted by Gasteiger charge is 2.10. The van der Waals surface area contributed by atoms with Gasteiger partial charge >= 0.3 is 6.01 Å². The number of hydrogen-bond donors (Lipinski definition) is 1. The van der Waals surface area contributed by atoms with Crippen molar-refractivity contribution in [1.82, 2.24) is 9.97 Å². The molecule has 0 saturated carbocycles. The van der Waals surface area contributed by atoms with Gasteiger partial charge in [-0.25, -0.2) is 14.4 Å². The molecule has 18 heavy (non-hydrogen) atoms. The first kappa shape index (κ1) is 12.3. The monoisotopic (exact) mass is 247 g/mol. The van der Waals surface area contributed by atoms with Crippen molar-refractivity contribution in [3.05, 3.63) is 41.0 Å². The van der Waals surface area contributed by atoms with E-state index in [0.29, 0.717) is 5.69 Å². The molecule has 0 atom stereocenters. The van der Waals surface area contributed by atoms with Crippen molar-refractivity contribution in [2.45, 2.75) is 20.8 Å². The molecule has 0 aliphatic carbocycles. The quantitative estimate of drug-likeness (QED) is 0.829. The van der Waals surface area contributed by atoms with Gasteiger partial charge in [-0.1, -0.05) is 0 Å². The zero-order chi connectivity index (χ0) is 13.3. The molecule has 0 aliphatic heterocycles. The van der Waals surface area contributed by atoms with Crippen molar-refractivity contribution in [3.63, 3.8) is 0 Å². The Morgan fingerprint density at radius 1 is 1.06 bits per heavy atom. The summed E-state index contributed by atoms with van der Waals surface area (Å²) in [6.07, 6.45) is 0. The first-order valence-electron chi connectivity index (χ1n) is 5.51. The van der Waals surface area contributed by atoms with E-state index in [4.69, 9.17) is 10.5 Å². The van der Waals surface area contributed by atoms with Crippen LogP contribution in [0.2, 0.25) is 0 Å². The number of benzene rings is 1. The minimum atomic E-state index is -0.527. The third kappa shape index (κ3) is 2.56. The van der Waals surface area contributed by atoms with Gasteiger partial charge in [-0.2, -0.15) is 0 Å². The van der Waals surface area contributed by atoms with Gasteiger partial charge in [0, 0.05) is 23.1 Å². The van der Waals surface area contributed by atoms with E-state index in [1.165, 1.54) is 12.1 Å². The predicted molar refractivity (Wildman–Crippen MR) is 67.1 cm³/mol. The average Bonchev–Trinajstić information content (AvgIpc) is 2.24. The van der Waals surface area contributed by atoms with Crippen LogP contribution in [-0.2, 0) is 0 Å². The van der Waals surface area contributed by atoms with Crippen LogP contribution in [0, 0.1) is 26.6 Å². The largest absolute Gasteiger partial charge is 0.421 e. The van der Waals surface area contributed by atoms with E-state index >= 15 is 0 Å². The topological polar surface area (TPSA) is 61.0 Å². The fourth-order valence-electron chi connectivity index (χ4n) is 1.59. The molecule has 0 radical (unpaired) electrons. The summed E-state index contributed by atoms with van der Waals surface area (Å²) >= 11 is 0. The third-order valence-corrected chi connectivity index (χ3v) is 2.48. The van der Waals surface area contributed by atoms with Crippen molar-refractivity contribution >= 4 is 5.69 Å². The molecule has 0 spiro atoms. The molecule has 0 bridgehead atoms. The van der Waals surface area contributed by atoms with Crippen LogP contribution in [0.15, 0.2) is 18.2 Å². The number of rotatable bonds is 2. The molecule has 1 aromatic heterocycles. The number of aromatic nitrogens is 2. The Labute approximate surface area is 105 Å². The van der Waals surface area contributed by atoms with E-state index in [9.17, 15) is 4.39 Å². The summed E-state index contributed by atoms with van der Waals surface area (Å²) in [6.45, 7) is 5.43. The standard InChI is InChI=1S/C13H14FN3O/c1-7-4-12(10(14)6-11(7)15)18-13-16-8(2)5-9(3)17-13/h4-6H,15H2,1-3H3. The highest BCUT2D eigenvalue weighted by Crippen LogP contribution is 2.26. The van der Waals surface area contributed by atoms with Gasteiger partial charge < -0.3 is 10.5 Å². The maximum Gasteiger partial charge on any atom is 0.322 e. The smallest absolute Gasteiger partial charge is 0.322 e. The maximum absolute atomic E-state index is 13.7. The molecule has 0 amide bonds. The van der Waals surface area contributed by atoms with Crippen LogP contribution < -0.4 is 10.5 Å². The van der Waals surface area contributed by atoms with Crippen LogP contribution in [-0.4, -0.2) is 9.97 Å². The number of nitrogens with two attached hydrogens (primary N) is 1. The molecule has 1 aromatic carbocycles. The fraction of sp³-hybridized carbons (Fsp3) is 0.231. The Morgan fingerprint density at radius 3 is 2.28 bits per heavy atom. The maximum atomic E-state index is 13.7. The molecule has 0 unspecified atom stereocenters. The van der Waals surface area contributed by atoms with E-state index in [-0.39, 0.29) is 11.8 Å². The summed E-state index contributed by atoms with van der Waals surface area (Å²) in [5, 5.41) is 0. The average molecular weight is 247 g/mol. The summed E-state index contributed by atoms with van der Waals surface area (Å²) in [5.41, 5.74) is 8.28. The Bertz CT molecular complexity index is 579. The number of nitrogen functional groups attached to an aromatic ring is 1. The van der Waals surface area contributed by atoms with Gasteiger partial charge in [-0.15, -0.1) is 0 Å². The van der Waals surface area contributed by atoms with Gasteiger partial charge in [0.15, 0.2) is 11.6 Å². The predicted octanol–water partition coefficient (Wildman–Crippen LogP) is 2.92. The summed E-state index contributed by atoms with van der Waals surface area (Å²) in [6, 6.07) is 4.71. The number of nitrogens with zero attached hydrogens (tertiary/aromatic N) is 2. The minimum Gasteiger partial charge on any atom is -0.421 e. The van der Waals surface area contributed by atoms with E-state index < -0.39 is 5.82 Å². The van der Waals surface area contributed by atoms with Crippen LogP contribution in [0.25, 0.3) is 0 Å². The normalized spacial score (nSPS) is 10.4. The van der Waals surface area contributed by atoms with Crippen LogP contribution in [0.5, 0.6) is 11.8 Å². The Balaban J connectivity index is 2.36. The lowest BCUT2D eigenvalue weighted by Gasteiger charge is -2.08. The summed E-state index contributed by atoms with van der Waals surface area (Å²) in [7, 11) is 0. The van der Waals surface area contributed by atoms with Crippen molar-refractivity contribution in [1.29, 1.82) is 0 Å². The van der Waals surface area contributed by atoms with E-state index in [1.54, 1.807) is 6.92 Å². The van der Waals surface area contributed by atoms with Crippen molar-refractivity contribution in [2.75, 3.05) is 5.73 Å². The number of anilines is 1. The highest BCUT2D eigenvalue weighted by molar-refractivity contribution is 5.50. The second-order valence-electron chi connectivity index (χ2n) is 4.17. The molecular formula is C13H14FN3O. The van der Waals surface area contributed by atoms with E-state index in [0.717, 1.165) is 17.0 Å². The molecule has 1 heterocycles. The number of aryl methyl sites for hydroxylation is 3. The van der Waals surface area contributed by atoms with Crippen molar-refractivity contribution in [2.24, 2.45) is 0 Å². The van der Waals surface area contributed by atoms with E-state index in [1.807, 2.05) is 19.9 Å². The molecule has 2 N–H and O–H groups in total. The Hall–Kier alpha value is -2.17. The third-order valence-electron chi connectivity index (χ3n) is 2.48. The minimum absolute atomic E-state index is 0.0756. The molecule has 2 aromatic rings. The molecule has 0 fully saturated rings. The molecule has 94 valence electrons. The fourth-order valence-corrected chi connectivity index (χ4v) is 1.59. The van der Waals surface area contributed by atoms with Gasteiger partial charge in [0.25, 0.3) is 0 Å². The van der Waals surface area contributed by atoms with Crippen molar-refractivity contribution in [3.8, 4) is 11.8 Å². The molecular weight excluding hydrogens is 233 g/mol. The summed E-state index contributed by atoms with van der Waals surface area (Å²) in [4.78, 5) is 8.18. The SMILES string of the molecule is Cc1cc(C)nc(Oc2cc(C)c(N)cc2F)n1. The van der Waals surface area contributed by atoms with Crippen LogP contribution in [0.1, 0.15) is 17.0 Å². The van der Waals surface area contributed by atoms with Gasteiger partial charge in [0.2, 0.25) is 0 Å². The first-order chi connectivity index (χ1) is 8.45. The van der Waals surface area contributed by atoms with Gasteiger partial charge in [0.1, 0.15) is 0 Å². The molecule has 5 heteroatoms. The second-order valence-corrected chi connectivity index (χ2v) is 4.17. The molecule has 4 nitrogen and oxygen atoms in total. The Kier molecular flexibility index (Phi) is 3.14. The number of ether oxygens (including phenoxy) is 1. The number of halogens is 1. The van der Waals surface area contributed by atoms with Crippen molar-refractivity contribution < 1.29 is 9.13 Å². The zero-order valence-electron chi connectivity index (χ0n) is 10.5. The van der Waals surface area contributed by atoms with Crippen LogP contribution in [0.3, 0.4) is 0 Å². The lowest BCUT2D eigenvalue weighted by molar-refractivity contribution is 0.408. The molecule has 0 saturated heterocycles. The van der Waals surface area contributed by atoms with Gasteiger partial charge in [0.05, 0.1) is 0 Å². The van der Waals surface area contributed by atoms with E-state index in [2.05, 4.69) is 9.97 Å². The van der Waals surface area contributed by atoms with Crippen LogP contribution in [0.4, 0.5) is 10.1 Å². The Morgan fingerprint density at radius 2 is 1.67 bits per heavy atom.